The molecule has 15 nitrogen and oxygen atoms in total. The van der Waals surface area contributed by atoms with Crippen molar-refractivity contribution in [2.75, 3.05) is 5.32 Å². The molecule has 9 rings (SSSR count). The Bertz CT molecular complexity index is 2250. The van der Waals surface area contributed by atoms with Gasteiger partial charge in [0.2, 0.25) is 16.5 Å². The van der Waals surface area contributed by atoms with Crippen LogP contribution in [0.1, 0.15) is 114 Å². The molecule has 4 heterocycles. The third-order valence-corrected chi connectivity index (χ3v) is 9.28. The molecule has 0 amide bonds. The van der Waals surface area contributed by atoms with Gasteiger partial charge in [0.15, 0.2) is 23.1 Å². The number of fused-ring (bicyclic) bond motifs is 1. The number of nitrogens with zero attached hydrogens (tertiary/aromatic N) is 8. The van der Waals surface area contributed by atoms with Crippen molar-refractivity contribution in [1.82, 2.24) is 40.1 Å². The summed E-state index contributed by atoms with van der Waals surface area (Å²) < 4.78 is 5.75. The Kier molecular flexibility index (Phi) is 13.8. The maximum absolute atomic E-state index is 12.5. The lowest BCUT2D eigenvalue weighted by atomic mass is 10.0. The lowest BCUT2D eigenvalue weighted by molar-refractivity contribution is 0.0689. The van der Waals surface area contributed by atoms with Gasteiger partial charge in [-0.05, 0) is 135 Å². The monoisotopic (exact) mass is 812 g/mol. The van der Waals surface area contributed by atoms with Gasteiger partial charge in [0.25, 0.3) is 0 Å². The molecule has 0 saturated heterocycles. The molecule has 4 aliphatic carbocycles. The number of nitrogens with two attached hydrogens (primary N) is 1. The molecule has 0 aliphatic heterocycles. The van der Waals surface area contributed by atoms with Gasteiger partial charge in [-0.15, -0.1) is 5.10 Å². The number of allylic oxidation sites excluding steroid dienone is 1. The quantitative estimate of drug-likeness (QED) is 0.0874. The topological polar surface area (TPSA) is 226 Å². The number of aromatic carboxylic acids is 1. The summed E-state index contributed by atoms with van der Waals surface area (Å²) >= 11 is 10.9. The van der Waals surface area contributed by atoms with Crippen LogP contribution in [0, 0.1) is 11.8 Å². The number of hydrogen-bond acceptors (Lipinski definition) is 14. The van der Waals surface area contributed by atoms with Crippen molar-refractivity contribution in [2.45, 2.75) is 83.7 Å². The number of rotatable bonds is 11. The Hall–Kier alpha value is -5.51. The highest BCUT2D eigenvalue weighted by Crippen LogP contribution is 2.36. The Morgan fingerprint density at radius 2 is 1.37 bits per heavy atom. The predicted octanol–water partition coefficient (Wildman–Crippen LogP) is 7.37. The summed E-state index contributed by atoms with van der Waals surface area (Å²) in [5.41, 5.74) is 10.1. The smallest absolute Gasteiger partial charge is 0.354 e. The Morgan fingerprint density at radius 3 is 1.89 bits per heavy atom. The molecule has 296 valence electrons. The van der Waals surface area contributed by atoms with Crippen LogP contribution in [-0.2, 0) is 6.42 Å². The van der Waals surface area contributed by atoms with E-state index in [1.54, 1.807) is 18.3 Å². The lowest BCUT2D eigenvalue weighted by Gasteiger charge is -2.08. The minimum absolute atomic E-state index is 0.0556. The van der Waals surface area contributed by atoms with E-state index in [-0.39, 0.29) is 33.9 Å². The molecule has 3 fully saturated rings. The zero-order chi connectivity index (χ0) is 40.5. The van der Waals surface area contributed by atoms with Crippen LogP contribution in [0.15, 0.2) is 65.5 Å². The molecule has 4 aliphatic rings. The first-order valence-corrected chi connectivity index (χ1v) is 19.5. The molecule has 4 N–H and O–H groups in total. The molecule has 0 atom stereocenters. The second-order valence-electron chi connectivity index (χ2n) is 14.4. The van der Waals surface area contributed by atoms with Crippen LogP contribution < -0.4 is 11.1 Å². The lowest BCUT2D eigenvalue weighted by Crippen LogP contribution is -2.09. The first-order chi connectivity index (χ1) is 27.4. The van der Waals surface area contributed by atoms with E-state index in [0.717, 1.165) is 36.0 Å². The molecule has 3 saturated carbocycles. The summed E-state index contributed by atoms with van der Waals surface area (Å²) in [6.07, 6.45) is 15.7. The molecule has 0 bridgehead atoms. The fourth-order valence-electron chi connectivity index (χ4n) is 5.38. The van der Waals surface area contributed by atoms with Crippen LogP contribution in [-0.4, -0.2) is 74.8 Å². The Labute approximate surface area is 339 Å². The van der Waals surface area contributed by atoms with E-state index in [9.17, 15) is 14.4 Å². The number of aromatic nitrogens is 8. The van der Waals surface area contributed by atoms with Crippen molar-refractivity contribution in [3.63, 3.8) is 0 Å². The number of nitrogens with one attached hydrogen (secondary N) is 1. The Morgan fingerprint density at radius 1 is 0.807 bits per heavy atom. The summed E-state index contributed by atoms with van der Waals surface area (Å²) in [5, 5.41) is 19.8. The molecule has 17 heteroatoms. The van der Waals surface area contributed by atoms with Gasteiger partial charge < -0.3 is 20.6 Å². The van der Waals surface area contributed by atoms with Crippen LogP contribution in [0.3, 0.4) is 0 Å². The van der Waals surface area contributed by atoms with Gasteiger partial charge in [-0.3, -0.25) is 9.59 Å². The van der Waals surface area contributed by atoms with Gasteiger partial charge in [0.1, 0.15) is 11.4 Å². The van der Waals surface area contributed by atoms with Gasteiger partial charge in [-0.25, -0.2) is 34.7 Å². The normalized spacial score (nSPS) is 15.1. The Balaban J connectivity index is 0.000000165. The van der Waals surface area contributed by atoms with Crippen molar-refractivity contribution in [1.29, 1.82) is 0 Å². The number of Topliss-reactive ketones (excluding diaryl/α,β-unsaturated/α-hetero) is 2. The van der Waals surface area contributed by atoms with Crippen LogP contribution in [0.4, 0.5) is 6.01 Å². The average Bonchev–Trinajstić information content (AvgIpc) is 4.16. The van der Waals surface area contributed by atoms with Crippen molar-refractivity contribution in [3.05, 3.63) is 106 Å². The first kappa shape index (κ1) is 41.1. The summed E-state index contributed by atoms with van der Waals surface area (Å²) in [5.74, 6) is 1.23. The van der Waals surface area contributed by atoms with Crippen LogP contribution in [0.25, 0.3) is 17.0 Å². The molecule has 57 heavy (non-hydrogen) atoms. The number of hydrogen-bond donors (Lipinski definition) is 3. The first-order valence-electron chi connectivity index (χ1n) is 18.7. The second-order valence-corrected chi connectivity index (χ2v) is 15.1. The van der Waals surface area contributed by atoms with Gasteiger partial charge in [-0.2, -0.15) is 0 Å². The third-order valence-electron chi connectivity index (χ3n) is 8.91. The fraction of sp³-hybridized carbons (Fsp3) is 0.375. The van der Waals surface area contributed by atoms with Gasteiger partial charge in [-0.1, -0.05) is 17.2 Å². The van der Waals surface area contributed by atoms with E-state index >= 15 is 0 Å². The van der Waals surface area contributed by atoms with E-state index in [4.69, 9.17) is 38.5 Å². The van der Waals surface area contributed by atoms with Gasteiger partial charge >= 0.3 is 12.0 Å². The average molecular weight is 814 g/mol. The predicted molar refractivity (Wildman–Crippen MR) is 213 cm³/mol. The van der Waals surface area contributed by atoms with Crippen LogP contribution in [0.2, 0.25) is 10.6 Å². The molecule has 5 aromatic rings. The number of carboxylic acids is 1. The summed E-state index contributed by atoms with van der Waals surface area (Å²) in [4.78, 5) is 57.7. The van der Waals surface area contributed by atoms with E-state index in [0.29, 0.717) is 59.8 Å². The molecule has 4 aromatic heterocycles. The second kappa shape index (κ2) is 19.1. The zero-order valence-electron chi connectivity index (χ0n) is 31.4. The zero-order valence-corrected chi connectivity index (χ0v) is 32.9. The summed E-state index contributed by atoms with van der Waals surface area (Å²) in [7, 11) is 0. The van der Waals surface area contributed by atoms with E-state index < -0.39 is 5.97 Å². The number of carbonyl (C=O) groups excluding carboxylic acids is 2. The van der Waals surface area contributed by atoms with Crippen molar-refractivity contribution >= 4 is 52.3 Å². The largest absolute Gasteiger partial charge is 0.477 e. The van der Waals surface area contributed by atoms with Crippen molar-refractivity contribution < 1.29 is 23.9 Å². The molecule has 0 unspecified atom stereocenters. The number of ketones is 2. The van der Waals surface area contributed by atoms with Crippen LogP contribution in [0.5, 0.6) is 0 Å². The van der Waals surface area contributed by atoms with Crippen molar-refractivity contribution in [2.24, 2.45) is 17.6 Å². The minimum atomic E-state index is -1.11. The number of halogens is 2. The maximum atomic E-state index is 12.5. The van der Waals surface area contributed by atoms with Gasteiger partial charge in [0.05, 0.1) is 0 Å². The number of carboxylic acid groups (broad SMARTS) is 1. The molecule has 0 spiro atoms. The standard InChI is InChI=1S/C23H23N5O2.C9H9ClN2O.C5H3ClN2O2.C3H7N/c1-13(2)25-23-28-27-22(30-23)16-6-5-15-7-8-17(18(15)12-16)21-24-10-9-19(26-21)20(29)11-14-3-4-14;10-9-11-4-3-7(12-9)8(13)5-6-1-2-6;6-5-7-2-1-3(8-5)4(9)10;4-3-1-2-3/h5-6,8-10,12-14H,3-4,7,11H2,1-2H3,(H,25,28);3-4,6H,1-2,5H2;1-2H,(H,9,10);3H,1-2,4H2. The van der Waals surface area contributed by atoms with Crippen molar-refractivity contribution in [3.8, 4) is 11.5 Å². The molecular weight excluding hydrogens is 771 g/mol. The number of benzene rings is 1. The highest BCUT2D eigenvalue weighted by molar-refractivity contribution is 6.28. The fourth-order valence-corrected chi connectivity index (χ4v) is 5.67. The maximum Gasteiger partial charge on any atom is 0.354 e. The van der Waals surface area contributed by atoms with Crippen LogP contribution >= 0.6 is 23.2 Å². The summed E-state index contributed by atoms with van der Waals surface area (Å²) in [6, 6.07) is 11.9. The highest BCUT2D eigenvalue weighted by Gasteiger charge is 2.27. The molecular formula is C40H42Cl2N10O5. The minimum Gasteiger partial charge on any atom is -0.477 e. The highest BCUT2D eigenvalue weighted by atomic mass is 35.5. The molecule has 1 aromatic carbocycles. The molecule has 0 radical (unpaired) electrons. The van der Waals surface area contributed by atoms with E-state index in [2.05, 4.69) is 57.6 Å². The van der Waals surface area contributed by atoms with Gasteiger partial charge in [0, 0.05) is 54.7 Å². The number of carbonyl (C=O) groups is 3. The number of anilines is 1. The summed E-state index contributed by atoms with van der Waals surface area (Å²) in [6.45, 7) is 4.03. The van der Waals surface area contributed by atoms with E-state index in [1.807, 2.05) is 26.0 Å². The van der Waals surface area contributed by atoms with E-state index in [1.165, 1.54) is 49.7 Å². The third kappa shape index (κ3) is 12.8. The SMILES string of the molecule is CC(C)Nc1nnc(-c2ccc3c(c2)C(c2nccc(C(=O)CC4CC4)n2)=CC3)o1.NC1CC1.O=C(CC1CC1)c1ccnc(Cl)n1.O=C(O)c1ccnc(Cl)n1.